The number of aromatic hydroxyl groups is 1. The molecule has 0 fully saturated rings. The maximum atomic E-state index is 9.68. The van der Waals surface area contributed by atoms with Gasteiger partial charge in [-0.25, -0.2) is 0 Å². The molecule has 2 aromatic carbocycles. The molecule has 0 aliphatic heterocycles. The van der Waals surface area contributed by atoms with Crippen LogP contribution in [0.15, 0.2) is 36.4 Å². The van der Waals surface area contributed by atoms with Crippen molar-refractivity contribution in [3.63, 3.8) is 0 Å². The van der Waals surface area contributed by atoms with Crippen molar-refractivity contribution >= 4 is 5.69 Å². The fourth-order valence-electron chi connectivity index (χ4n) is 2.15. The van der Waals surface area contributed by atoms with E-state index >= 15 is 0 Å². The van der Waals surface area contributed by atoms with Gasteiger partial charge in [-0.2, -0.15) is 0 Å². The summed E-state index contributed by atoms with van der Waals surface area (Å²) in [6, 6.07) is 11.8. The van der Waals surface area contributed by atoms with Crippen LogP contribution in [0, 0.1) is 13.8 Å². The Labute approximate surface area is 120 Å². The highest BCUT2D eigenvalue weighted by molar-refractivity contribution is 5.52. The van der Waals surface area contributed by atoms with Crippen LogP contribution in [0.5, 0.6) is 11.5 Å². The first-order chi connectivity index (χ1) is 9.60. The van der Waals surface area contributed by atoms with Gasteiger partial charge in [0.1, 0.15) is 0 Å². The second-order valence-corrected chi connectivity index (χ2v) is 4.91. The van der Waals surface area contributed by atoms with E-state index < -0.39 is 0 Å². The summed E-state index contributed by atoms with van der Waals surface area (Å²) < 4.78 is 5.39. The molecule has 0 unspecified atom stereocenters. The number of phenols is 1. The van der Waals surface area contributed by atoms with E-state index in [0.717, 1.165) is 11.3 Å². The third kappa shape index (κ3) is 3.44. The van der Waals surface area contributed by atoms with Gasteiger partial charge in [-0.3, -0.25) is 0 Å². The van der Waals surface area contributed by atoms with Crippen LogP contribution in [0.25, 0.3) is 0 Å². The Morgan fingerprint density at radius 1 is 1.10 bits per heavy atom. The van der Waals surface area contributed by atoms with Crippen LogP contribution >= 0.6 is 0 Å². The summed E-state index contributed by atoms with van der Waals surface area (Å²) in [6.07, 6.45) is 0. The van der Waals surface area contributed by atoms with Gasteiger partial charge in [0.25, 0.3) is 0 Å². The summed E-state index contributed by atoms with van der Waals surface area (Å²) in [5.74, 6) is 0.717. The molecule has 2 rings (SSSR count). The van der Waals surface area contributed by atoms with Crippen LogP contribution in [0.1, 0.15) is 23.6 Å². The lowest BCUT2D eigenvalue weighted by molar-refractivity contribution is 0.318. The standard InChI is InChI=1S/C17H21NO2/c1-4-20-17-10-14(6-8-16(17)19)11-18-15-7-5-12(2)9-13(15)3/h5-10,18-19H,4,11H2,1-3H3. The van der Waals surface area contributed by atoms with Gasteiger partial charge in [-0.15, -0.1) is 0 Å². The van der Waals surface area contributed by atoms with Crippen LogP contribution < -0.4 is 10.1 Å². The molecule has 20 heavy (non-hydrogen) atoms. The summed E-state index contributed by atoms with van der Waals surface area (Å²) in [4.78, 5) is 0. The molecule has 0 aliphatic rings. The largest absolute Gasteiger partial charge is 0.504 e. The van der Waals surface area contributed by atoms with Gasteiger partial charge < -0.3 is 15.2 Å². The minimum absolute atomic E-state index is 0.183. The Kier molecular flexibility index (Phi) is 4.51. The molecular weight excluding hydrogens is 250 g/mol. The first-order valence-corrected chi connectivity index (χ1v) is 6.86. The van der Waals surface area contributed by atoms with Gasteiger partial charge >= 0.3 is 0 Å². The van der Waals surface area contributed by atoms with E-state index in [2.05, 4.69) is 37.4 Å². The van der Waals surface area contributed by atoms with Gasteiger partial charge in [-0.1, -0.05) is 23.8 Å². The fraction of sp³-hybridized carbons (Fsp3) is 0.294. The summed E-state index contributed by atoms with van der Waals surface area (Å²) in [7, 11) is 0. The molecule has 0 radical (unpaired) electrons. The number of anilines is 1. The molecular formula is C17H21NO2. The zero-order valence-electron chi connectivity index (χ0n) is 12.2. The summed E-state index contributed by atoms with van der Waals surface area (Å²) in [5.41, 5.74) is 4.69. The quantitative estimate of drug-likeness (QED) is 0.863. The maximum Gasteiger partial charge on any atom is 0.161 e. The molecule has 0 saturated carbocycles. The van der Waals surface area contributed by atoms with Crippen molar-refractivity contribution in [3.8, 4) is 11.5 Å². The van der Waals surface area contributed by atoms with Crippen molar-refractivity contribution < 1.29 is 9.84 Å². The Hall–Kier alpha value is -2.16. The average molecular weight is 271 g/mol. The van der Waals surface area contributed by atoms with Crippen LogP contribution in [0.4, 0.5) is 5.69 Å². The number of rotatable bonds is 5. The van der Waals surface area contributed by atoms with E-state index in [1.807, 2.05) is 19.1 Å². The monoisotopic (exact) mass is 271 g/mol. The smallest absolute Gasteiger partial charge is 0.161 e. The van der Waals surface area contributed by atoms with Crippen LogP contribution in [-0.4, -0.2) is 11.7 Å². The SMILES string of the molecule is CCOc1cc(CNc2ccc(C)cc2C)ccc1O. The first kappa shape index (κ1) is 14.3. The fourth-order valence-corrected chi connectivity index (χ4v) is 2.15. The second kappa shape index (κ2) is 6.33. The number of hydrogen-bond acceptors (Lipinski definition) is 3. The number of phenolic OH excluding ortho intramolecular Hbond substituents is 1. The molecule has 0 bridgehead atoms. The first-order valence-electron chi connectivity index (χ1n) is 6.86. The molecule has 106 valence electrons. The molecule has 0 aliphatic carbocycles. The van der Waals surface area contributed by atoms with Gasteiger partial charge in [0.15, 0.2) is 11.5 Å². The molecule has 0 atom stereocenters. The Morgan fingerprint density at radius 3 is 2.60 bits per heavy atom. The molecule has 2 N–H and O–H groups in total. The zero-order valence-corrected chi connectivity index (χ0v) is 12.2. The Balaban J connectivity index is 2.08. The van der Waals surface area contributed by atoms with Crippen molar-refractivity contribution in [2.75, 3.05) is 11.9 Å². The van der Waals surface area contributed by atoms with E-state index in [0.29, 0.717) is 18.9 Å². The lowest BCUT2D eigenvalue weighted by atomic mass is 10.1. The van der Waals surface area contributed by atoms with Crippen molar-refractivity contribution in [2.45, 2.75) is 27.3 Å². The maximum absolute atomic E-state index is 9.68. The minimum Gasteiger partial charge on any atom is -0.504 e. The van der Waals surface area contributed by atoms with E-state index in [-0.39, 0.29) is 5.75 Å². The Bertz CT molecular complexity index is 594. The molecule has 0 saturated heterocycles. The highest BCUT2D eigenvalue weighted by Gasteiger charge is 2.04. The van der Waals surface area contributed by atoms with Gasteiger partial charge in [0, 0.05) is 12.2 Å². The predicted octanol–water partition coefficient (Wildman–Crippen LogP) is 4.02. The van der Waals surface area contributed by atoms with Gasteiger partial charge in [0.05, 0.1) is 6.61 Å². The van der Waals surface area contributed by atoms with Crippen molar-refractivity contribution in [2.24, 2.45) is 0 Å². The van der Waals surface area contributed by atoms with Crippen molar-refractivity contribution in [1.82, 2.24) is 0 Å². The highest BCUT2D eigenvalue weighted by Crippen LogP contribution is 2.27. The molecule has 0 spiro atoms. The van der Waals surface area contributed by atoms with E-state index in [4.69, 9.17) is 4.74 Å². The molecule has 3 heteroatoms. The van der Waals surface area contributed by atoms with E-state index in [9.17, 15) is 5.11 Å². The molecule has 0 aromatic heterocycles. The van der Waals surface area contributed by atoms with E-state index in [1.165, 1.54) is 11.1 Å². The summed E-state index contributed by atoms with van der Waals surface area (Å²) in [5, 5.41) is 13.1. The zero-order chi connectivity index (χ0) is 14.5. The lowest BCUT2D eigenvalue weighted by Crippen LogP contribution is -2.02. The number of hydrogen-bond donors (Lipinski definition) is 2. The van der Waals surface area contributed by atoms with E-state index in [1.54, 1.807) is 6.07 Å². The third-order valence-corrected chi connectivity index (χ3v) is 3.19. The number of nitrogens with one attached hydrogen (secondary N) is 1. The predicted molar refractivity (Wildman–Crippen MR) is 82.5 cm³/mol. The second-order valence-electron chi connectivity index (χ2n) is 4.91. The molecule has 2 aromatic rings. The molecule has 0 amide bonds. The lowest BCUT2D eigenvalue weighted by Gasteiger charge is -2.12. The van der Waals surface area contributed by atoms with Crippen molar-refractivity contribution in [3.05, 3.63) is 53.1 Å². The van der Waals surface area contributed by atoms with Crippen LogP contribution in [0.2, 0.25) is 0 Å². The average Bonchev–Trinajstić information content (AvgIpc) is 2.41. The molecule has 0 heterocycles. The van der Waals surface area contributed by atoms with Crippen LogP contribution in [-0.2, 0) is 6.54 Å². The molecule has 3 nitrogen and oxygen atoms in total. The van der Waals surface area contributed by atoms with Crippen molar-refractivity contribution in [1.29, 1.82) is 0 Å². The summed E-state index contributed by atoms with van der Waals surface area (Å²) in [6.45, 7) is 7.33. The minimum atomic E-state index is 0.183. The normalized spacial score (nSPS) is 10.3. The number of benzene rings is 2. The highest BCUT2D eigenvalue weighted by atomic mass is 16.5. The Morgan fingerprint density at radius 2 is 1.90 bits per heavy atom. The summed E-state index contributed by atoms with van der Waals surface area (Å²) >= 11 is 0. The number of ether oxygens (including phenoxy) is 1. The number of aryl methyl sites for hydroxylation is 2. The third-order valence-electron chi connectivity index (χ3n) is 3.19. The van der Waals surface area contributed by atoms with Crippen LogP contribution in [0.3, 0.4) is 0 Å². The van der Waals surface area contributed by atoms with Gasteiger partial charge in [-0.05, 0) is 50.1 Å². The topological polar surface area (TPSA) is 41.5 Å². The van der Waals surface area contributed by atoms with Gasteiger partial charge in [0.2, 0.25) is 0 Å².